The maximum absolute atomic E-state index is 12.5. The second kappa shape index (κ2) is 10.4. The average Bonchev–Trinajstić information content (AvgIpc) is 2.73. The molecule has 3 aromatic carbocycles. The monoisotopic (exact) mass is 470 g/mol. The largest absolute Gasteiger partial charge is 0.486 e. The van der Waals surface area contributed by atoms with Gasteiger partial charge in [-0.25, -0.2) is 0 Å². The van der Waals surface area contributed by atoms with Crippen LogP contribution in [0.5, 0.6) is 5.75 Å². The summed E-state index contributed by atoms with van der Waals surface area (Å²) < 4.78 is 5.74. The molecule has 0 spiro atoms. The summed E-state index contributed by atoms with van der Waals surface area (Å²) in [5, 5.41) is 13.2. The quantitative estimate of drug-likeness (QED) is 0.308. The summed E-state index contributed by atoms with van der Waals surface area (Å²) in [5.41, 5.74) is 2.94. The molecule has 0 aliphatic rings. The van der Waals surface area contributed by atoms with Crippen LogP contribution in [0.3, 0.4) is 0 Å². The Kier molecular flexibility index (Phi) is 7.59. The summed E-state index contributed by atoms with van der Waals surface area (Å²) in [6, 6.07) is 19.6. The number of halogens is 3. The first-order valence-corrected chi connectivity index (χ1v) is 10.3. The predicted molar refractivity (Wildman–Crippen MR) is 126 cm³/mol. The predicted octanol–water partition coefficient (Wildman–Crippen LogP) is 7.08. The molecule has 0 fully saturated rings. The fourth-order valence-corrected chi connectivity index (χ4v) is 3.56. The normalized spacial score (nSPS) is 11.0. The number of hydrogen-bond donors (Lipinski definition) is 1. The maximum Gasteiger partial charge on any atom is 0.266 e. The Morgan fingerprint density at radius 2 is 1.74 bits per heavy atom. The molecule has 0 saturated carbocycles. The number of nitriles is 1. The number of anilines is 1. The Morgan fingerprint density at radius 1 is 1.06 bits per heavy atom. The van der Waals surface area contributed by atoms with Gasteiger partial charge in [-0.3, -0.25) is 4.79 Å². The molecule has 0 saturated heterocycles. The zero-order chi connectivity index (χ0) is 22.4. The lowest BCUT2D eigenvalue weighted by molar-refractivity contribution is -0.112. The van der Waals surface area contributed by atoms with E-state index in [2.05, 4.69) is 5.32 Å². The van der Waals surface area contributed by atoms with Gasteiger partial charge in [0, 0.05) is 10.7 Å². The van der Waals surface area contributed by atoms with Crippen LogP contribution in [0.4, 0.5) is 5.69 Å². The average molecular weight is 472 g/mol. The molecule has 0 heterocycles. The summed E-state index contributed by atoms with van der Waals surface area (Å²) in [6.07, 6.45) is 1.42. The third-order valence-electron chi connectivity index (χ3n) is 4.28. The first kappa shape index (κ1) is 22.7. The number of carbonyl (C=O) groups excluding carboxylic acids is 1. The molecule has 156 valence electrons. The van der Waals surface area contributed by atoms with Gasteiger partial charge in [-0.15, -0.1) is 0 Å². The van der Waals surface area contributed by atoms with Crippen molar-refractivity contribution in [3.63, 3.8) is 0 Å². The number of rotatable bonds is 6. The SMILES string of the molecule is Cc1ccc(NC(=O)/C(C#N)=C/c2cc(Cl)c(OCc3cccc(Cl)c3)c(Cl)c2)cc1. The fourth-order valence-electron chi connectivity index (χ4n) is 2.73. The highest BCUT2D eigenvalue weighted by Gasteiger charge is 2.13. The molecule has 1 amide bonds. The number of benzene rings is 3. The lowest BCUT2D eigenvalue weighted by Gasteiger charge is -2.11. The van der Waals surface area contributed by atoms with Crippen molar-refractivity contribution in [2.45, 2.75) is 13.5 Å². The molecule has 0 bridgehead atoms. The molecule has 3 aromatic rings. The summed E-state index contributed by atoms with van der Waals surface area (Å²) >= 11 is 18.7. The Labute approximate surface area is 195 Å². The van der Waals surface area contributed by atoms with Crippen molar-refractivity contribution < 1.29 is 9.53 Å². The van der Waals surface area contributed by atoms with Gasteiger partial charge in [0.25, 0.3) is 5.91 Å². The van der Waals surface area contributed by atoms with Gasteiger partial charge in [-0.1, -0.05) is 64.6 Å². The molecule has 31 heavy (non-hydrogen) atoms. The molecule has 0 unspecified atom stereocenters. The first-order valence-electron chi connectivity index (χ1n) is 9.22. The fraction of sp³-hybridized carbons (Fsp3) is 0.0833. The van der Waals surface area contributed by atoms with Crippen LogP contribution in [-0.2, 0) is 11.4 Å². The van der Waals surface area contributed by atoms with Gasteiger partial charge in [0.15, 0.2) is 5.75 Å². The molecule has 4 nitrogen and oxygen atoms in total. The van der Waals surface area contributed by atoms with Crippen LogP contribution < -0.4 is 10.1 Å². The number of amides is 1. The number of carbonyl (C=O) groups is 1. The first-order chi connectivity index (χ1) is 14.9. The van der Waals surface area contributed by atoms with Crippen molar-refractivity contribution in [3.8, 4) is 11.8 Å². The molecular formula is C24H17Cl3N2O2. The smallest absolute Gasteiger partial charge is 0.266 e. The van der Waals surface area contributed by atoms with Crippen LogP contribution in [0.2, 0.25) is 15.1 Å². The third kappa shape index (κ3) is 6.26. The number of ether oxygens (including phenoxy) is 1. The maximum atomic E-state index is 12.5. The van der Waals surface area contributed by atoms with Crippen molar-refractivity contribution in [1.29, 1.82) is 5.26 Å². The number of hydrogen-bond acceptors (Lipinski definition) is 3. The Morgan fingerprint density at radius 3 is 2.35 bits per heavy atom. The van der Waals surface area contributed by atoms with Gasteiger partial charge in [0.1, 0.15) is 18.2 Å². The summed E-state index contributed by atoms with van der Waals surface area (Å²) in [4.78, 5) is 12.5. The summed E-state index contributed by atoms with van der Waals surface area (Å²) in [5.74, 6) is -0.219. The second-order valence-corrected chi connectivity index (χ2v) is 7.97. The van der Waals surface area contributed by atoms with E-state index in [0.717, 1.165) is 11.1 Å². The van der Waals surface area contributed by atoms with Gasteiger partial charge >= 0.3 is 0 Å². The lowest BCUT2D eigenvalue weighted by atomic mass is 10.1. The summed E-state index contributed by atoms with van der Waals surface area (Å²) in [7, 11) is 0. The standard InChI is InChI=1S/C24H17Cl3N2O2/c1-15-5-7-20(8-6-15)29-24(30)18(13-28)9-17-11-21(26)23(22(27)12-17)31-14-16-3-2-4-19(25)10-16/h2-12H,14H2,1H3,(H,29,30)/b18-9+. The topological polar surface area (TPSA) is 62.1 Å². The minimum atomic E-state index is -0.528. The Bertz CT molecular complexity index is 1160. The van der Waals surface area contributed by atoms with Gasteiger partial charge in [-0.05, 0) is 60.5 Å². The molecule has 0 radical (unpaired) electrons. The van der Waals surface area contributed by atoms with Crippen LogP contribution >= 0.6 is 34.8 Å². The van der Waals surface area contributed by atoms with E-state index in [1.807, 2.05) is 37.3 Å². The molecule has 0 aliphatic carbocycles. The van der Waals surface area contributed by atoms with Gasteiger partial charge in [-0.2, -0.15) is 5.26 Å². The van der Waals surface area contributed by atoms with Crippen LogP contribution in [-0.4, -0.2) is 5.91 Å². The van der Waals surface area contributed by atoms with Crippen molar-refractivity contribution in [1.82, 2.24) is 0 Å². The molecule has 0 aliphatic heterocycles. The molecule has 0 aromatic heterocycles. The minimum absolute atomic E-state index is 0.0831. The molecule has 1 N–H and O–H groups in total. The van der Waals surface area contributed by atoms with E-state index in [9.17, 15) is 10.1 Å². The highest BCUT2D eigenvalue weighted by molar-refractivity contribution is 6.37. The van der Waals surface area contributed by atoms with E-state index >= 15 is 0 Å². The van der Waals surface area contributed by atoms with E-state index in [1.165, 1.54) is 6.08 Å². The van der Waals surface area contributed by atoms with Crippen molar-refractivity contribution in [2.24, 2.45) is 0 Å². The highest BCUT2D eigenvalue weighted by atomic mass is 35.5. The minimum Gasteiger partial charge on any atom is -0.486 e. The zero-order valence-electron chi connectivity index (χ0n) is 16.5. The van der Waals surface area contributed by atoms with Crippen molar-refractivity contribution in [2.75, 3.05) is 5.32 Å². The number of nitrogens with zero attached hydrogens (tertiary/aromatic N) is 1. The lowest BCUT2D eigenvalue weighted by Crippen LogP contribution is -2.13. The van der Waals surface area contributed by atoms with Crippen molar-refractivity contribution in [3.05, 3.63) is 98.0 Å². The molecule has 7 heteroatoms. The number of nitrogens with one attached hydrogen (secondary N) is 1. The van der Waals surface area contributed by atoms with Crippen LogP contribution in [0, 0.1) is 18.3 Å². The van der Waals surface area contributed by atoms with Gasteiger partial charge < -0.3 is 10.1 Å². The van der Waals surface area contributed by atoms with Crippen LogP contribution in [0.1, 0.15) is 16.7 Å². The van der Waals surface area contributed by atoms with Crippen LogP contribution in [0.15, 0.2) is 66.2 Å². The van der Waals surface area contributed by atoms with Gasteiger partial charge in [0.05, 0.1) is 10.0 Å². The molecule has 3 rings (SSSR count). The second-order valence-electron chi connectivity index (χ2n) is 6.72. The van der Waals surface area contributed by atoms with Crippen molar-refractivity contribution >= 4 is 52.5 Å². The Balaban J connectivity index is 1.76. The highest BCUT2D eigenvalue weighted by Crippen LogP contribution is 2.35. The summed E-state index contributed by atoms with van der Waals surface area (Å²) in [6.45, 7) is 2.18. The molecular weight excluding hydrogens is 455 g/mol. The van der Waals surface area contributed by atoms with Crippen LogP contribution in [0.25, 0.3) is 6.08 Å². The third-order valence-corrected chi connectivity index (χ3v) is 5.07. The van der Waals surface area contributed by atoms with E-state index in [0.29, 0.717) is 22.0 Å². The van der Waals surface area contributed by atoms with Gasteiger partial charge in [0.2, 0.25) is 0 Å². The number of aryl methyl sites for hydroxylation is 1. The van der Waals surface area contributed by atoms with E-state index in [-0.39, 0.29) is 22.2 Å². The van der Waals surface area contributed by atoms with E-state index < -0.39 is 5.91 Å². The molecule has 0 atom stereocenters. The Hall–Kier alpha value is -2.97. The van der Waals surface area contributed by atoms with E-state index in [1.54, 1.807) is 36.4 Å². The van der Waals surface area contributed by atoms with E-state index in [4.69, 9.17) is 39.5 Å². The zero-order valence-corrected chi connectivity index (χ0v) is 18.7.